The van der Waals surface area contributed by atoms with Gasteiger partial charge in [-0.3, -0.25) is 4.90 Å². The van der Waals surface area contributed by atoms with Crippen molar-refractivity contribution in [3.8, 4) is 0 Å². The SMILES string of the molecule is O=CC(c1ccc(F)cc1)N1CCC(S)C1. The predicted molar refractivity (Wildman–Crippen MR) is 64.2 cm³/mol. The fraction of sp³-hybridized carbons (Fsp3) is 0.417. The van der Waals surface area contributed by atoms with Gasteiger partial charge >= 0.3 is 0 Å². The fourth-order valence-electron chi connectivity index (χ4n) is 2.06. The van der Waals surface area contributed by atoms with Crippen LogP contribution in [-0.2, 0) is 4.79 Å². The Morgan fingerprint density at radius 3 is 2.62 bits per heavy atom. The summed E-state index contributed by atoms with van der Waals surface area (Å²) >= 11 is 4.40. The van der Waals surface area contributed by atoms with Crippen molar-refractivity contribution in [2.45, 2.75) is 17.7 Å². The van der Waals surface area contributed by atoms with Crippen LogP contribution >= 0.6 is 12.6 Å². The zero-order valence-electron chi connectivity index (χ0n) is 8.84. The van der Waals surface area contributed by atoms with E-state index in [1.807, 2.05) is 0 Å². The fourth-order valence-corrected chi connectivity index (χ4v) is 2.38. The number of benzene rings is 1. The highest BCUT2D eigenvalue weighted by Gasteiger charge is 2.27. The Balaban J connectivity index is 2.16. The lowest BCUT2D eigenvalue weighted by molar-refractivity contribution is -0.112. The normalized spacial score (nSPS) is 23.2. The molecule has 1 aliphatic heterocycles. The maximum Gasteiger partial charge on any atom is 0.141 e. The minimum absolute atomic E-state index is 0.266. The summed E-state index contributed by atoms with van der Waals surface area (Å²) in [5.41, 5.74) is 0.846. The number of hydrogen-bond acceptors (Lipinski definition) is 3. The van der Waals surface area contributed by atoms with Crippen molar-refractivity contribution in [3.05, 3.63) is 35.6 Å². The number of likely N-dealkylation sites (tertiary alicyclic amines) is 1. The largest absolute Gasteiger partial charge is 0.301 e. The molecule has 0 aromatic heterocycles. The van der Waals surface area contributed by atoms with Gasteiger partial charge in [0, 0.05) is 18.3 Å². The van der Waals surface area contributed by atoms with E-state index >= 15 is 0 Å². The molecule has 4 heteroatoms. The average molecular weight is 239 g/mol. The Kier molecular flexibility index (Phi) is 3.61. The Morgan fingerprint density at radius 2 is 2.12 bits per heavy atom. The molecule has 86 valence electrons. The summed E-state index contributed by atoms with van der Waals surface area (Å²) in [6.07, 6.45) is 1.91. The van der Waals surface area contributed by atoms with Crippen molar-refractivity contribution in [1.29, 1.82) is 0 Å². The van der Waals surface area contributed by atoms with Crippen LogP contribution in [0, 0.1) is 5.82 Å². The second-order valence-corrected chi connectivity index (χ2v) is 4.80. The van der Waals surface area contributed by atoms with Crippen molar-refractivity contribution in [3.63, 3.8) is 0 Å². The molecule has 2 unspecified atom stereocenters. The zero-order chi connectivity index (χ0) is 11.5. The van der Waals surface area contributed by atoms with Gasteiger partial charge in [-0.25, -0.2) is 4.39 Å². The summed E-state index contributed by atoms with van der Waals surface area (Å²) in [4.78, 5) is 13.2. The standard InChI is InChI=1S/C12H14FNOS/c13-10-3-1-9(2-4-10)12(8-15)14-6-5-11(16)7-14/h1-4,8,11-12,16H,5-7H2. The highest BCUT2D eigenvalue weighted by atomic mass is 32.1. The van der Waals surface area contributed by atoms with Gasteiger partial charge in [0.2, 0.25) is 0 Å². The van der Waals surface area contributed by atoms with Gasteiger partial charge in [0.15, 0.2) is 0 Å². The minimum Gasteiger partial charge on any atom is -0.301 e. The molecule has 1 aliphatic rings. The summed E-state index contributed by atoms with van der Waals surface area (Å²) < 4.78 is 12.8. The van der Waals surface area contributed by atoms with Gasteiger partial charge in [-0.1, -0.05) is 12.1 Å². The van der Waals surface area contributed by atoms with Gasteiger partial charge in [0.25, 0.3) is 0 Å². The van der Waals surface area contributed by atoms with E-state index in [0.29, 0.717) is 5.25 Å². The van der Waals surface area contributed by atoms with Crippen molar-refractivity contribution < 1.29 is 9.18 Å². The number of nitrogens with zero attached hydrogens (tertiary/aromatic N) is 1. The molecule has 1 saturated heterocycles. The van der Waals surface area contributed by atoms with Crippen LogP contribution in [-0.4, -0.2) is 29.5 Å². The molecule has 2 nitrogen and oxygen atoms in total. The van der Waals surface area contributed by atoms with E-state index < -0.39 is 0 Å². The Hall–Kier alpha value is -0.870. The van der Waals surface area contributed by atoms with E-state index in [1.165, 1.54) is 12.1 Å². The van der Waals surface area contributed by atoms with Gasteiger partial charge < -0.3 is 4.79 Å². The third-order valence-corrected chi connectivity index (χ3v) is 3.35. The highest BCUT2D eigenvalue weighted by molar-refractivity contribution is 7.81. The molecule has 1 heterocycles. The molecule has 0 bridgehead atoms. The predicted octanol–water partition coefficient (Wildman–Crippen LogP) is 2.07. The molecule has 16 heavy (non-hydrogen) atoms. The number of aldehydes is 1. The van der Waals surface area contributed by atoms with Gasteiger partial charge in [-0.15, -0.1) is 0 Å². The molecule has 0 saturated carbocycles. The molecular formula is C12H14FNOS. The number of rotatable bonds is 3. The molecule has 2 atom stereocenters. The van der Waals surface area contributed by atoms with Crippen LogP contribution in [0.2, 0.25) is 0 Å². The van der Waals surface area contributed by atoms with Crippen LogP contribution < -0.4 is 0 Å². The first-order chi connectivity index (χ1) is 7.70. The lowest BCUT2D eigenvalue weighted by Gasteiger charge is -2.22. The van der Waals surface area contributed by atoms with Crippen LogP contribution in [0.25, 0.3) is 0 Å². The van der Waals surface area contributed by atoms with Crippen molar-refractivity contribution >= 4 is 18.9 Å². The molecule has 1 aromatic carbocycles. The number of carbonyl (C=O) groups is 1. The minimum atomic E-state index is -0.276. The first-order valence-electron chi connectivity index (χ1n) is 5.33. The maximum atomic E-state index is 12.8. The molecule has 0 N–H and O–H groups in total. The first kappa shape index (κ1) is 11.6. The zero-order valence-corrected chi connectivity index (χ0v) is 9.74. The van der Waals surface area contributed by atoms with Gasteiger partial charge in [0.05, 0.1) is 6.04 Å². The van der Waals surface area contributed by atoms with Gasteiger partial charge in [-0.2, -0.15) is 12.6 Å². The second kappa shape index (κ2) is 4.97. The average Bonchev–Trinajstić information content (AvgIpc) is 2.69. The number of carbonyl (C=O) groups excluding carboxylic acids is 1. The maximum absolute atomic E-state index is 12.8. The van der Waals surface area contributed by atoms with Gasteiger partial charge in [0.1, 0.15) is 12.1 Å². The van der Waals surface area contributed by atoms with Crippen molar-refractivity contribution in [2.24, 2.45) is 0 Å². The molecular weight excluding hydrogens is 225 g/mol. The van der Waals surface area contributed by atoms with E-state index in [9.17, 15) is 9.18 Å². The summed E-state index contributed by atoms with van der Waals surface area (Å²) in [5.74, 6) is -0.276. The lowest BCUT2D eigenvalue weighted by atomic mass is 10.1. The summed E-state index contributed by atoms with van der Waals surface area (Å²) in [7, 11) is 0. The quantitative estimate of drug-likeness (QED) is 0.643. The molecule has 1 fully saturated rings. The highest BCUT2D eigenvalue weighted by Crippen LogP contribution is 2.25. The van der Waals surface area contributed by atoms with E-state index in [0.717, 1.165) is 31.4 Å². The molecule has 2 rings (SSSR count). The summed E-state index contributed by atoms with van der Waals surface area (Å²) in [6, 6.07) is 5.85. The van der Waals surface area contributed by atoms with Crippen LogP contribution in [0.3, 0.4) is 0 Å². The van der Waals surface area contributed by atoms with E-state index in [1.54, 1.807) is 12.1 Å². The number of thiol groups is 1. The molecule has 1 aromatic rings. The Bertz CT molecular complexity index is 368. The summed E-state index contributed by atoms with van der Waals surface area (Å²) in [6.45, 7) is 1.68. The van der Waals surface area contributed by atoms with E-state index in [2.05, 4.69) is 17.5 Å². The topological polar surface area (TPSA) is 20.3 Å². The Morgan fingerprint density at radius 1 is 1.44 bits per heavy atom. The monoisotopic (exact) mass is 239 g/mol. The molecule has 0 amide bonds. The van der Waals surface area contributed by atoms with Crippen molar-refractivity contribution in [2.75, 3.05) is 13.1 Å². The number of hydrogen-bond donors (Lipinski definition) is 1. The Labute approximate surface area is 99.9 Å². The molecule has 0 spiro atoms. The molecule has 0 aliphatic carbocycles. The number of halogens is 1. The third kappa shape index (κ3) is 2.44. The van der Waals surface area contributed by atoms with E-state index in [-0.39, 0.29) is 11.9 Å². The van der Waals surface area contributed by atoms with Crippen LogP contribution in [0.1, 0.15) is 18.0 Å². The van der Waals surface area contributed by atoms with E-state index in [4.69, 9.17) is 0 Å². The van der Waals surface area contributed by atoms with Gasteiger partial charge in [-0.05, 0) is 24.1 Å². The first-order valence-corrected chi connectivity index (χ1v) is 5.85. The van der Waals surface area contributed by atoms with Crippen LogP contribution in [0.15, 0.2) is 24.3 Å². The second-order valence-electron chi connectivity index (χ2n) is 4.07. The third-order valence-electron chi connectivity index (χ3n) is 2.93. The smallest absolute Gasteiger partial charge is 0.141 e. The lowest BCUT2D eigenvalue weighted by Crippen LogP contribution is -2.27. The van der Waals surface area contributed by atoms with Crippen LogP contribution in [0.5, 0.6) is 0 Å². The van der Waals surface area contributed by atoms with Crippen LogP contribution in [0.4, 0.5) is 4.39 Å². The molecule has 0 radical (unpaired) electrons. The summed E-state index contributed by atoms with van der Waals surface area (Å²) in [5, 5.41) is 0.336. The van der Waals surface area contributed by atoms with Crippen molar-refractivity contribution in [1.82, 2.24) is 4.90 Å².